The van der Waals surface area contributed by atoms with E-state index in [1.807, 2.05) is 39.8 Å². The van der Waals surface area contributed by atoms with Crippen molar-refractivity contribution in [2.24, 2.45) is 33.7 Å². The number of anilines is 1. The molecule has 334 valence electrons. The minimum atomic E-state index is -1.31. The second-order valence-electron chi connectivity index (χ2n) is 17.6. The number of ether oxygens (including phenoxy) is 2. The van der Waals surface area contributed by atoms with Gasteiger partial charge in [0.2, 0.25) is 5.78 Å². The van der Waals surface area contributed by atoms with Crippen molar-refractivity contribution in [3.05, 3.63) is 45.6 Å². The molecular weight excluding hydrogens is 777 g/mol. The Morgan fingerprint density at radius 2 is 1.54 bits per heavy atom. The maximum atomic E-state index is 14.8. The van der Waals surface area contributed by atoms with Gasteiger partial charge < -0.3 is 40.1 Å². The van der Waals surface area contributed by atoms with E-state index in [-0.39, 0.29) is 68.3 Å². The highest BCUT2D eigenvalue weighted by Crippen LogP contribution is 2.50. The second-order valence-corrected chi connectivity index (χ2v) is 17.6. The molecule has 1 fully saturated rings. The Morgan fingerprint density at radius 1 is 0.934 bits per heavy atom. The zero-order valence-electron chi connectivity index (χ0n) is 37.7. The molecule has 0 aliphatic carbocycles. The summed E-state index contributed by atoms with van der Waals surface area (Å²) in [5.41, 5.74) is -0.396. The lowest BCUT2D eigenvalue weighted by molar-refractivity contribution is -0.156. The number of aromatic hydroxyl groups is 2. The van der Waals surface area contributed by atoms with Crippen molar-refractivity contribution in [2.45, 2.75) is 137 Å². The molecule has 4 aliphatic heterocycles. The van der Waals surface area contributed by atoms with Crippen LogP contribution in [0.5, 0.6) is 17.2 Å². The van der Waals surface area contributed by atoms with Crippen LogP contribution in [0.25, 0.3) is 10.8 Å². The highest BCUT2D eigenvalue weighted by atomic mass is 16.5. The number of aliphatic hydroxyl groups is 2. The fraction of sp³-hybridized carbons (Fsp3) is 0.604. The molecule has 61 heavy (non-hydrogen) atoms. The molecule has 13 heteroatoms. The maximum absolute atomic E-state index is 14.8. The number of rotatable bonds is 1. The third-order valence-corrected chi connectivity index (χ3v) is 13.3. The Morgan fingerprint density at radius 3 is 2.15 bits per heavy atom. The number of carbonyl (C=O) groups is 3. The molecule has 0 aromatic heterocycles. The summed E-state index contributed by atoms with van der Waals surface area (Å²) in [4.78, 5) is 53.6. The fourth-order valence-electron chi connectivity index (χ4n) is 9.74. The van der Waals surface area contributed by atoms with Gasteiger partial charge in [-0.05, 0) is 96.9 Å². The summed E-state index contributed by atoms with van der Waals surface area (Å²) < 4.78 is 12.4. The van der Waals surface area contributed by atoms with Crippen LogP contribution in [-0.2, 0) is 14.3 Å². The lowest BCUT2D eigenvalue weighted by Gasteiger charge is -2.35. The zero-order chi connectivity index (χ0) is 45.5. The molecule has 2 aromatic rings. The third-order valence-electron chi connectivity index (χ3n) is 13.3. The number of hydrogen-bond donors (Lipinski definition) is 5. The van der Waals surface area contributed by atoms with Gasteiger partial charge in [-0.25, -0.2) is 0 Å². The summed E-state index contributed by atoms with van der Waals surface area (Å²) in [6, 6.07) is 0.674. The zero-order valence-corrected chi connectivity index (χ0v) is 37.7. The summed E-state index contributed by atoms with van der Waals surface area (Å²) in [7, 11) is 3.14. The van der Waals surface area contributed by atoms with Crippen LogP contribution in [0.4, 0.5) is 5.69 Å². The Balaban J connectivity index is 0.00000199. The van der Waals surface area contributed by atoms with Gasteiger partial charge in [-0.15, -0.1) is 12.8 Å². The largest absolute Gasteiger partial charge is 0.507 e. The van der Waals surface area contributed by atoms with E-state index in [1.54, 1.807) is 26.8 Å². The first-order valence-electron chi connectivity index (χ1n) is 21.6. The van der Waals surface area contributed by atoms with Gasteiger partial charge >= 0.3 is 5.97 Å². The normalized spacial score (nSPS) is 31.3. The van der Waals surface area contributed by atoms with Gasteiger partial charge in [0.15, 0.2) is 11.4 Å². The van der Waals surface area contributed by atoms with Crippen LogP contribution >= 0.6 is 0 Å². The van der Waals surface area contributed by atoms with E-state index in [0.717, 1.165) is 32.8 Å². The molecule has 0 radical (unpaired) electrons. The van der Waals surface area contributed by atoms with Gasteiger partial charge in [0.25, 0.3) is 5.91 Å². The maximum Gasteiger partial charge on any atom is 0.302 e. The molecule has 0 unspecified atom stereocenters. The van der Waals surface area contributed by atoms with Crippen LogP contribution < -0.4 is 20.8 Å². The number of fused-ring (bicyclic) bond motifs is 3. The number of hydrogen-bond acceptors (Lipinski definition) is 12. The Hall–Kier alpha value is -4.77. The number of allylic oxidation sites excluding steroid dienone is 3. The highest BCUT2D eigenvalue weighted by Gasteiger charge is 2.47. The van der Waals surface area contributed by atoms with Crippen LogP contribution in [0.3, 0.4) is 0 Å². The average Bonchev–Trinajstić information content (AvgIpc) is 3.70. The summed E-state index contributed by atoms with van der Waals surface area (Å²) >= 11 is 0. The molecule has 6 rings (SSSR count). The van der Waals surface area contributed by atoms with Gasteiger partial charge in [-0.3, -0.25) is 24.4 Å². The van der Waals surface area contributed by atoms with Gasteiger partial charge in [-0.1, -0.05) is 45.9 Å². The van der Waals surface area contributed by atoms with Gasteiger partial charge in [0.05, 0.1) is 22.4 Å². The highest BCUT2D eigenvalue weighted by molar-refractivity contribution is 6.20. The number of Topliss-reactive ketones (excluding diaryl/α,β-unsaturated/α-hetero) is 1. The molecule has 6 bridgehead atoms. The number of amides is 1. The van der Waals surface area contributed by atoms with E-state index in [0.29, 0.717) is 67.4 Å². The van der Waals surface area contributed by atoms with Gasteiger partial charge in [0.1, 0.15) is 28.6 Å². The molecule has 0 saturated carbocycles. The van der Waals surface area contributed by atoms with Crippen molar-refractivity contribution in [3.8, 4) is 30.1 Å². The summed E-state index contributed by atoms with van der Waals surface area (Å²) in [5, 5.41) is 46.3. The van der Waals surface area contributed by atoms with Crippen LogP contribution in [0.1, 0.15) is 116 Å². The van der Waals surface area contributed by atoms with Crippen molar-refractivity contribution in [1.82, 2.24) is 4.90 Å². The Bertz CT molecular complexity index is 2160. The standard InChI is InChI=1S/C45H62N4O8.C2H2.CH4O/c1-23-12-10-13-25(3)44(55)48-37-36-35(46-20-17-30-15-16-31(49(30)9)18-21-47-36)32-33(40(37)53)39(52)28(6)42-34(32)43(54)45(8,57-42)19-11-14-24(2)41(56-29(7)50)27(5)38(51)26(4)22-23;2*1-2/h10,12-13,23-24,26-27,30-31,38,41,51-53H,11,14-22H2,1-9H3,(H,48,55);1-2H;2H,1H3/b12-10+,25-13-,46-35?,47-36?;;/t23-,24+,26+,27+,30+,31-,38+,41+,45+;;/m0../s1. The van der Waals surface area contributed by atoms with Crippen molar-refractivity contribution >= 4 is 34.1 Å². The van der Waals surface area contributed by atoms with Crippen LogP contribution in [0.2, 0.25) is 0 Å². The lowest BCUT2D eigenvalue weighted by atomic mass is 9.79. The van der Waals surface area contributed by atoms with Crippen LogP contribution in [-0.4, -0.2) is 100 Å². The van der Waals surface area contributed by atoms with E-state index in [2.05, 4.69) is 30.1 Å². The quantitative estimate of drug-likeness (QED) is 0.127. The second kappa shape index (κ2) is 20.9. The Kier molecular flexibility index (Phi) is 16.7. The summed E-state index contributed by atoms with van der Waals surface area (Å²) in [5.74, 6) is -2.17. The van der Waals surface area contributed by atoms with Crippen molar-refractivity contribution in [2.75, 3.05) is 32.6 Å². The number of esters is 1. The summed E-state index contributed by atoms with van der Waals surface area (Å²) in [6.45, 7) is 15.2. The lowest BCUT2D eigenvalue weighted by Crippen LogP contribution is -2.41. The molecule has 1 amide bonds. The molecule has 5 N–H and O–H groups in total. The van der Waals surface area contributed by atoms with Gasteiger partial charge in [-0.2, -0.15) is 0 Å². The van der Waals surface area contributed by atoms with Gasteiger partial charge in [0, 0.05) is 61.6 Å². The molecule has 4 aliphatic rings. The first-order valence-corrected chi connectivity index (χ1v) is 21.6. The number of aliphatic hydroxyl groups excluding tert-OH is 2. The number of nitrogens with one attached hydrogen (secondary N) is 1. The van der Waals surface area contributed by atoms with E-state index in [4.69, 9.17) is 24.6 Å². The van der Waals surface area contributed by atoms with Crippen LogP contribution in [0, 0.1) is 43.4 Å². The minimum Gasteiger partial charge on any atom is -0.507 e. The van der Waals surface area contributed by atoms with Crippen molar-refractivity contribution in [1.29, 1.82) is 0 Å². The van der Waals surface area contributed by atoms with E-state index < -0.39 is 35.4 Å². The third kappa shape index (κ3) is 10.1. The van der Waals surface area contributed by atoms with Crippen molar-refractivity contribution in [3.63, 3.8) is 0 Å². The number of benzene rings is 2. The number of ketones is 1. The van der Waals surface area contributed by atoms with E-state index in [9.17, 15) is 29.7 Å². The molecule has 2 aromatic carbocycles. The van der Waals surface area contributed by atoms with E-state index >= 15 is 0 Å². The molecule has 0 spiro atoms. The monoisotopic (exact) mass is 844 g/mol. The predicted molar refractivity (Wildman–Crippen MR) is 237 cm³/mol. The molecule has 1 saturated heterocycles. The Labute approximate surface area is 361 Å². The topological polar surface area (TPSA) is 191 Å². The molecule has 13 nitrogen and oxygen atoms in total. The number of phenols is 2. The van der Waals surface area contributed by atoms with E-state index in [1.165, 1.54) is 6.92 Å². The smallest absolute Gasteiger partial charge is 0.302 e. The number of nitrogens with zero attached hydrogens (tertiary/aromatic N) is 3. The average molecular weight is 845 g/mol. The molecule has 9 atom stereocenters. The number of carbonyl (C=O) groups excluding carboxylic acids is 3. The minimum absolute atomic E-state index is 0.0159. The first-order chi connectivity index (χ1) is 28.9. The van der Waals surface area contributed by atoms with Crippen molar-refractivity contribution < 1.29 is 44.3 Å². The fourth-order valence-corrected chi connectivity index (χ4v) is 9.74. The number of phenolic OH excluding ortho intramolecular Hbond substituents is 2. The first kappa shape index (κ1) is 48.9. The molecule has 4 heterocycles. The molecular formula is C48H68N4O9. The predicted octanol–water partition coefficient (Wildman–Crippen LogP) is 6.10. The summed E-state index contributed by atoms with van der Waals surface area (Å²) in [6.07, 6.45) is 18.0. The SMILES string of the molecule is C#C.CC(=O)O[C@H]1[C@H](C)[C@H](O)[C@H](C)C[C@@H](C)/C=C/C=C(/C)C(=O)Nc2c(O)c3c(O)c(C)c4c(c3c3c2=NCC[C@@H]2CC[C@H](CCN=3)N2C)C(=O)[C@@](C)(CCC[C@H]1C)O4.CO. The number of terminal acetylenes is 1. The van der Waals surface area contributed by atoms with Crippen LogP contribution in [0.15, 0.2) is 33.8 Å².